The molecule has 0 radical (unpaired) electrons. The number of halogens is 3. The molecule has 2 rings (SSSR count). The Morgan fingerprint density at radius 1 is 1.07 bits per heavy atom. The van der Waals surface area contributed by atoms with Crippen molar-refractivity contribution in [1.82, 2.24) is 0 Å². The van der Waals surface area contributed by atoms with Crippen LogP contribution in [0.25, 0.3) is 0 Å². The van der Waals surface area contributed by atoms with Crippen LogP contribution >= 0.6 is 50.5 Å². The average Bonchev–Trinajstić information content (AvgIpc) is 2.71. The molecule has 4 heteroatoms. The molecule has 0 amide bonds. The minimum absolute atomic E-state index is 0.765. The molecule has 0 fully saturated rings. The third kappa shape index (κ3) is 2.42. The number of hydrogen-bond donors (Lipinski definition) is 0. The summed E-state index contributed by atoms with van der Waals surface area (Å²) in [6.45, 7) is 0. The van der Waals surface area contributed by atoms with Crippen LogP contribution in [-0.4, -0.2) is 0 Å². The minimum atomic E-state index is -1.64. The van der Waals surface area contributed by atoms with Crippen LogP contribution in [0.4, 0.5) is 0 Å². The van der Waals surface area contributed by atoms with Crippen molar-refractivity contribution < 1.29 is 0 Å². The number of benzene rings is 1. The van der Waals surface area contributed by atoms with Crippen LogP contribution in [0.2, 0.25) is 5.02 Å². The summed E-state index contributed by atoms with van der Waals surface area (Å²) in [6.07, 6.45) is 0. The van der Waals surface area contributed by atoms with Crippen molar-refractivity contribution >= 4 is 50.5 Å². The van der Waals surface area contributed by atoms with E-state index in [0.717, 1.165) is 5.02 Å². The second-order valence-electron chi connectivity index (χ2n) is 2.59. The Labute approximate surface area is 103 Å². The number of thiophene rings is 1. The predicted molar refractivity (Wildman–Crippen MR) is 73.0 cm³/mol. The molecule has 1 aromatic carbocycles. The van der Waals surface area contributed by atoms with Gasteiger partial charge in [-0.3, -0.25) is 0 Å². The van der Waals surface area contributed by atoms with Crippen molar-refractivity contribution in [2.45, 2.75) is 0 Å². The molecule has 0 saturated heterocycles. The van der Waals surface area contributed by atoms with Gasteiger partial charge in [-0.25, -0.2) is 0 Å². The van der Waals surface area contributed by atoms with Gasteiger partial charge in [-0.05, 0) is 0 Å². The molecule has 1 aromatic heterocycles. The fourth-order valence-electron chi connectivity index (χ4n) is 1.00. The Balaban J connectivity index is 2.28. The molecule has 0 saturated carbocycles. The Kier molecular flexibility index (Phi) is 3.71. The number of rotatable bonds is 2. The van der Waals surface area contributed by atoms with Crippen molar-refractivity contribution in [3.05, 3.63) is 53.3 Å². The topological polar surface area (TPSA) is 0 Å². The molecule has 0 bridgehead atoms. The van der Waals surface area contributed by atoms with Crippen molar-refractivity contribution in [3.63, 3.8) is 0 Å². The third-order valence-electron chi connectivity index (χ3n) is 1.65. The molecule has 0 aliphatic rings. The van der Waals surface area contributed by atoms with E-state index in [2.05, 4.69) is 11.4 Å². The normalized spacial score (nSPS) is 11.4. The number of hydrogen-bond acceptors (Lipinski definition) is 1. The van der Waals surface area contributed by atoms with E-state index < -0.39 is 18.7 Å². The van der Waals surface area contributed by atoms with Crippen LogP contribution in [0, 0.1) is 6.45 Å². The first-order valence-electron chi connectivity index (χ1n) is 3.93. The first-order valence-corrected chi connectivity index (χ1v) is 10.1. The van der Waals surface area contributed by atoms with Crippen LogP contribution in [-0.2, 0) is 0 Å². The van der Waals surface area contributed by atoms with Crippen molar-refractivity contribution in [2.24, 2.45) is 0 Å². The summed E-state index contributed by atoms with van der Waals surface area (Å²) >= 11 is 5.92. The molecule has 0 aliphatic heterocycles. The van der Waals surface area contributed by atoms with Gasteiger partial charge in [-0.15, -0.1) is 0 Å². The quantitative estimate of drug-likeness (QED) is 0.656. The second-order valence-corrected chi connectivity index (χ2v) is 10.4. The second kappa shape index (κ2) is 4.84. The molecule has 74 valence electrons. The van der Waals surface area contributed by atoms with E-state index in [0.29, 0.717) is 0 Å². The first kappa shape index (κ1) is 10.7. The molecule has 14 heavy (non-hydrogen) atoms. The van der Waals surface area contributed by atoms with Gasteiger partial charge in [0.2, 0.25) is 0 Å². The van der Waals surface area contributed by atoms with E-state index in [-0.39, 0.29) is 0 Å². The summed E-state index contributed by atoms with van der Waals surface area (Å²) in [5.41, 5.74) is 0. The van der Waals surface area contributed by atoms with Crippen LogP contribution < -0.4 is 0 Å². The van der Waals surface area contributed by atoms with Crippen molar-refractivity contribution in [2.75, 3.05) is 0 Å². The fourth-order valence-corrected chi connectivity index (χ4v) is 7.12. The van der Waals surface area contributed by atoms with Crippen molar-refractivity contribution in [3.8, 4) is 0 Å². The van der Waals surface area contributed by atoms with E-state index in [1.54, 1.807) is 11.3 Å². The average molecular weight is 357 g/mol. The fraction of sp³-hybridized carbons (Fsp3) is 0. The molecule has 0 unspecified atom stereocenters. The zero-order valence-corrected chi connectivity index (χ0v) is 11.6. The predicted octanol–water partition coefficient (Wildman–Crippen LogP) is 5.10. The molecule has 0 nitrogen and oxygen atoms in total. The zero-order valence-electron chi connectivity index (χ0n) is 7.08. The molecule has 0 atom stereocenters. The van der Waals surface area contributed by atoms with Gasteiger partial charge in [0.25, 0.3) is 0 Å². The van der Waals surface area contributed by atoms with E-state index in [1.165, 1.54) is 6.45 Å². The van der Waals surface area contributed by atoms with Gasteiger partial charge in [0.15, 0.2) is 0 Å². The van der Waals surface area contributed by atoms with Gasteiger partial charge in [0.1, 0.15) is 0 Å². The Morgan fingerprint density at radius 3 is 2.36 bits per heavy atom. The van der Waals surface area contributed by atoms with Gasteiger partial charge in [-0.2, -0.15) is 0 Å². The monoisotopic (exact) mass is 356 g/mol. The molecule has 2 aromatic rings. The molecule has 0 aliphatic carbocycles. The van der Waals surface area contributed by atoms with Gasteiger partial charge in [-0.1, -0.05) is 0 Å². The van der Waals surface area contributed by atoms with Crippen LogP contribution in [0.1, 0.15) is 0 Å². The standard InChI is InChI=1S/C10H7Cl2IS/c11-8-3-5-9(6-4-8)13(12)10-2-1-7-14-10/h1-7H. The van der Waals surface area contributed by atoms with E-state index in [4.69, 9.17) is 20.5 Å². The molecular weight excluding hydrogens is 350 g/mol. The molecule has 0 N–H and O–H groups in total. The third-order valence-corrected chi connectivity index (χ3v) is 10.2. The summed E-state index contributed by atoms with van der Waals surface area (Å²) < 4.78 is 2.56. The molecule has 1 heterocycles. The zero-order chi connectivity index (χ0) is 9.97. The van der Waals surface area contributed by atoms with Crippen molar-refractivity contribution in [1.29, 1.82) is 0 Å². The van der Waals surface area contributed by atoms with Crippen LogP contribution in [0.15, 0.2) is 41.8 Å². The summed E-state index contributed by atoms with van der Waals surface area (Å²) in [5, 5.41) is 2.83. The summed E-state index contributed by atoms with van der Waals surface area (Å²) in [6, 6.07) is 12.0. The summed E-state index contributed by atoms with van der Waals surface area (Å²) in [7, 11) is 6.45. The Morgan fingerprint density at radius 2 is 1.79 bits per heavy atom. The Bertz CT molecular complexity index is 397. The first-order chi connectivity index (χ1) is 6.77. The molecular formula is C10H7Cl2IS. The van der Waals surface area contributed by atoms with Crippen LogP contribution in [0.5, 0.6) is 0 Å². The van der Waals surface area contributed by atoms with E-state index in [9.17, 15) is 0 Å². The Hall–Kier alpha value is 0.230. The maximum absolute atomic E-state index is 6.45. The van der Waals surface area contributed by atoms with Gasteiger partial charge in [0, 0.05) is 0 Å². The SMILES string of the molecule is Clc1ccc(I(Cl)c2cccs2)cc1. The summed E-state index contributed by atoms with van der Waals surface area (Å²) in [5.74, 6) is 0. The van der Waals surface area contributed by atoms with E-state index in [1.807, 2.05) is 30.3 Å². The van der Waals surface area contributed by atoms with Crippen LogP contribution in [0.3, 0.4) is 0 Å². The summed E-state index contributed by atoms with van der Waals surface area (Å²) in [4.78, 5) is 0. The molecule has 0 spiro atoms. The van der Waals surface area contributed by atoms with Gasteiger partial charge >= 0.3 is 104 Å². The van der Waals surface area contributed by atoms with E-state index >= 15 is 0 Å². The van der Waals surface area contributed by atoms with Gasteiger partial charge in [0.05, 0.1) is 0 Å². The maximum atomic E-state index is 6.45. The van der Waals surface area contributed by atoms with Gasteiger partial charge < -0.3 is 0 Å².